The van der Waals surface area contributed by atoms with Crippen LogP contribution in [0.1, 0.15) is 28.1 Å². The van der Waals surface area contributed by atoms with Crippen LogP contribution in [0, 0.1) is 6.92 Å². The molecule has 19 heavy (non-hydrogen) atoms. The summed E-state index contributed by atoms with van der Waals surface area (Å²) in [6, 6.07) is 0. The van der Waals surface area contributed by atoms with Crippen LogP contribution in [-0.2, 0) is 14.8 Å². The van der Waals surface area contributed by atoms with Gasteiger partial charge < -0.3 is 9.84 Å². The summed E-state index contributed by atoms with van der Waals surface area (Å²) in [4.78, 5) is 11.6. The van der Waals surface area contributed by atoms with Gasteiger partial charge >= 0.3 is 5.97 Å². The summed E-state index contributed by atoms with van der Waals surface area (Å²) in [6.45, 7) is 1.37. The third-order valence-corrected chi connectivity index (χ3v) is 6.04. The van der Waals surface area contributed by atoms with E-state index in [0.717, 1.165) is 11.3 Å². The molecule has 0 aliphatic heterocycles. The molecule has 2 rings (SSSR count). The number of aliphatic hydroxyl groups excluding tert-OH is 1. The highest BCUT2D eigenvalue weighted by molar-refractivity contribution is 7.89. The molecule has 106 valence electrons. The monoisotopic (exact) mass is 305 g/mol. The second-order valence-electron chi connectivity index (χ2n) is 4.61. The molecule has 0 radical (unpaired) electrons. The number of hydrogen-bond donors (Lipinski definition) is 2. The van der Waals surface area contributed by atoms with Crippen LogP contribution in [0.4, 0.5) is 0 Å². The first kappa shape index (κ1) is 14.4. The number of aryl methyl sites for hydroxylation is 1. The summed E-state index contributed by atoms with van der Waals surface area (Å²) in [5.41, 5.74) is -0.271. The van der Waals surface area contributed by atoms with Crippen LogP contribution in [0.25, 0.3) is 0 Å². The highest BCUT2D eigenvalue weighted by atomic mass is 32.2. The molecule has 0 atom stereocenters. The zero-order chi connectivity index (χ0) is 14.3. The Morgan fingerprint density at radius 3 is 2.68 bits per heavy atom. The van der Waals surface area contributed by atoms with E-state index in [2.05, 4.69) is 9.46 Å². The summed E-state index contributed by atoms with van der Waals surface area (Å²) in [6.07, 6.45) is 1.19. The molecular formula is C11H15NO5S2. The molecule has 1 aromatic heterocycles. The minimum atomic E-state index is -3.84. The molecule has 1 saturated carbocycles. The van der Waals surface area contributed by atoms with Gasteiger partial charge in [-0.3, -0.25) is 0 Å². The number of ether oxygens (including phenoxy) is 1. The van der Waals surface area contributed by atoms with E-state index in [-0.39, 0.29) is 16.4 Å². The summed E-state index contributed by atoms with van der Waals surface area (Å²) in [7, 11) is -2.64. The molecule has 0 unspecified atom stereocenters. The van der Waals surface area contributed by atoms with Gasteiger partial charge in [0.05, 0.1) is 19.3 Å². The Morgan fingerprint density at radius 1 is 1.58 bits per heavy atom. The van der Waals surface area contributed by atoms with E-state index in [1.807, 2.05) is 0 Å². The molecule has 2 N–H and O–H groups in total. The number of methoxy groups -OCH3 is 1. The lowest BCUT2D eigenvalue weighted by Crippen LogP contribution is -2.40. The Hall–Kier alpha value is -0.960. The van der Waals surface area contributed by atoms with E-state index in [9.17, 15) is 18.3 Å². The average molecular weight is 305 g/mol. The molecule has 0 aromatic carbocycles. The molecule has 0 spiro atoms. The van der Waals surface area contributed by atoms with Crippen molar-refractivity contribution in [3.8, 4) is 0 Å². The summed E-state index contributed by atoms with van der Waals surface area (Å²) in [5, 5.41) is 10.8. The van der Waals surface area contributed by atoms with Crippen LogP contribution >= 0.6 is 11.3 Å². The highest BCUT2D eigenvalue weighted by Crippen LogP contribution is 2.37. The first-order chi connectivity index (χ1) is 8.85. The fourth-order valence-corrected chi connectivity index (χ4v) is 4.94. The van der Waals surface area contributed by atoms with Gasteiger partial charge in [0.25, 0.3) is 0 Å². The lowest BCUT2D eigenvalue weighted by Gasteiger charge is -2.15. The normalized spacial score (nSPS) is 17.2. The van der Waals surface area contributed by atoms with E-state index in [4.69, 9.17) is 0 Å². The van der Waals surface area contributed by atoms with E-state index in [1.165, 1.54) is 7.11 Å². The van der Waals surface area contributed by atoms with E-state index >= 15 is 0 Å². The number of aliphatic hydroxyl groups is 1. The van der Waals surface area contributed by atoms with Gasteiger partial charge in [0.1, 0.15) is 9.77 Å². The minimum absolute atomic E-state index is 0.0518. The van der Waals surface area contributed by atoms with Crippen LogP contribution in [0.2, 0.25) is 0 Å². The summed E-state index contributed by atoms with van der Waals surface area (Å²) < 4.78 is 31.8. The molecule has 6 nitrogen and oxygen atoms in total. The third-order valence-electron chi connectivity index (χ3n) is 3.06. The molecule has 0 saturated heterocycles. The van der Waals surface area contributed by atoms with E-state index < -0.39 is 21.5 Å². The lowest BCUT2D eigenvalue weighted by molar-refractivity contribution is 0.0602. The Morgan fingerprint density at radius 2 is 2.21 bits per heavy atom. The third kappa shape index (κ3) is 2.66. The maximum absolute atomic E-state index is 12.3. The van der Waals surface area contributed by atoms with Gasteiger partial charge in [-0.15, -0.1) is 11.3 Å². The predicted octanol–water partition coefficient (Wildman–Crippen LogP) is 0.646. The van der Waals surface area contributed by atoms with Gasteiger partial charge in [0.2, 0.25) is 10.0 Å². The second kappa shape index (κ2) is 4.86. The molecule has 1 heterocycles. The van der Waals surface area contributed by atoms with Gasteiger partial charge in [0.15, 0.2) is 0 Å². The fraction of sp³-hybridized carbons (Fsp3) is 0.545. The average Bonchev–Trinajstić information content (AvgIpc) is 3.00. The number of nitrogens with one attached hydrogen (secondary N) is 1. The molecule has 1 aliphatic carbocycles. The van der Waals surface area contributed by atoms with Gasteiger partial charge in [-0.1, -0.05) is 0 Å². The van der Waals surface area contributed by atoms with Crippen LogP contribution < -0.4 is 4.72 Å². The number of thiophene rings is 1. The molecule has 8 heteroatoms. The Kier molecular flexibility index (Phi) is 3.69. The quantitative estimate of drug-likeness (QED) is 0.779. The largest absolute Gasteiger partial charge is 0.465 e. The summed E-state index contributed by atoms with van der Waals surface area (Å²) >= 11 is 1.03. The first-order valence-electron chi connectivity index (χ1n) is 5.66. The minimum Gasteiger partial charge on any atom is -0.465 e. The Balaban J connectivity index is 2.40. The van der Waals surface area contributed by atoms with Crippen molar-refractivity contribution in [3.63, 3.8) is 0 Å². The zero-order valence-corrected chi connectivity index (χ0v) is 12.2. The molecule has 1 aliphatic rings. The van der Waals surface area contributed by atoms with E-state index in [1.54, 1.807) is 12.3 Å². The van der Waals surface area contributed by atoms with Crippen molar-refractivity contribution in [2.24, 2.45) is 0 Å². The van der Waals surface area contributed by atoms with Crippen molar-refractivity contribution in [1.29, 1.82) is 0 Å². The lowest BCUT2D eigenvalue weighted by atomic mass is 10.3. The Bertz CT molecular complexity index is 601. The predicted molar refractivity (Wildman–Crippen MR) is 69.8 cm³/mol. The van der Waals surface area contributed by atoms with Crippen molar-refractivity contribution in [2.75, 3.05) is 13.7 Å². The molecular weight excluding hydrogens is 290 g/mol. The maximum atomic E-state index is 12.3. The van der Waals surface area contributed by atoms with Crippen molar-refractivity contribution in [1.82, 2.24) is 4.72 Å². The van der Waals surface area contributed by atoms with Gasteiger partial charge in [-0.25, -0.2) is 17.9 Å². The van der Waals surface area contributed by atoms with Crippen LogP contribution in [-0.4, -0.2) is 38.7 Å². The first-order valence-corrected chi connectivity index (χ1v) is 8.03. The molecule has 1 fully saturated rings. The highest BCUT2D eigenvalue weighted by Gasteiger charge is 2.46. The topological polar surface area (TPSA) is 92.7 Å². The second-order valence-corrected chi connectivity index (χ2v) is 7.11. The molecule has 0 bridgehead atoms. The van der Waals surface area contributed by atoms with Gasteiger partial charge in [0, 0.05) is 0 Å². The van der Waals surface area contributed by atoms with Crippen LogP contribution in [0.3, 0.4) is 0 Å². The summed E-state index contributed by atoms with van der Waals surface area (Å²) in [5.74, 6) is -0.674. The van der Waals surface area contributed by atoms with Crippen molar-refractivity contribution >= 4 is 27.3 Å². The van der Waals surface area contributed by atoms with Crippen molar-refractivity contribution < 1.29 is 23.1 Å². The number of carbonyl (C=O) groups is 1. The smallest absolute Gasteiger partial charge is 0.349 e. The number of rotatable bonds is 5. The molecule has 1 aromatic rings. The van der Waals surface area contributed by atoms with Crippen molar-refractivity contribution in [3.05, 3.63) is 15.8 Å². The fourth-order valence-electron chi connectivity index (χ4n) is 1.78. The number of sulfonamides is 1. The standard InChI is InChI=1S/C11H15NO5S2/c1-7-5-18-8(10(14)17-2)9(7)19(15,16)12-11(6-13)3-4-11/h5,12-13H,3-4,6H2,1-2H3. The zero-order valence-electron chi connectivity index (χ0n) is 10.6. The van der Waals surface area contributed by atoms with Crippen LogP contribution in [0.5, 0.6) is 0 Å². The van der Waals surface area contributed by atoms with Crippen LogP contribution in [0.15, 0.2) is 10.3 Å². The maximum Gasteiger partial charge on any atom is 0.349 e. The Labute approximate surface area is 115 Å². The van der Waals surface area contributed by atoms with Crippen molar-refractivity contribution in [2.45, 2.75) is 30.2 Å². The molecule has 0 amide bonds. The SMILES string of the molecule is COC(=O)c1scc(C)c1S(=O)(=O)NC1(CO)CC1. The van der Waals surface area contributed by atoms with Gasteiger partial charge in [-0.05, 0) is 30.7 Å². The number of carbonyl (C=O) groups excluding carboxylic acids is 1. The van der Waals surface area contributed by atoms with E-state index in [0.29, 0.717) is 18.4 Å². The number of hydrogen-bond acceptors (Lipinski definition) is 6. The van der Waals surface area contributed by atoms with Gasteiger partial charge in [-0.2, -0.15) is 0 Å². The number of esters is 1.